The number of carboxylic acids is 1. The van der Waals surface area contributed by atoms with Crippen molar-refractivity contribution in [2.45, 2.75) is 51.3 Å². The molecule has 0 aliphatic rings. The fourth-order valence-corrected chi connectivity index (χ4v) is 5.34. The molecule has 1 atom stereocenters. The number of halogens is 3. The molecular weight excluding hydrogens is 565 g/mol. The van der Waals surface area contributed by atoms with Gasteiger partial charge in [0, 0.05) is 29.0 Å². The number of carbonyl (C=O) groups excluding carboxylic acids is 1. The number of aliphatic carboxylic acids is 1. The molecule has 0 fully saturated rings. The first-order valence-electron chi connectivity index (χ1n) is 13.3. The summed E-state index contributed by atoms with van der Waals surface area (Å²) < 4.78 is 41.6. The molecule has 1 heterocycles. The van der Waals surface area contributed by atoms with Crippen molar-refractivity contribution in [3.05, 3.63) is 105 Å². The highest BCUT2D eigenvalue weighted by Gasteiger charge is 2.31. The number of aromatic nitrogens is 1. The first-order chi connectivity index (χ1) is 19.8. The Morgan fingerprint density at radius 2 is 1.60 bits per heavy atom. The molecule has 3 aromatic carbocycles. The van der Waals surface area contributed by atoms with E-state index < -0.39 is 12.3 Å². The normalized spacial score (nSPS) is 12.5. The van der Waals surface area contributed by atoms with Crippen LogP contribution in [0.1, 0.15) is 65.2 Å². The second kappa shape index (κ2) is 12.8. The van der Waals surface area contributed by atoms with Crippen molar-refractivity contribution in [1.82, 2.24) is 10.3 Å². The summed E-state index contributed by atoms with van der Waals surface area (Å²) in [6.45, 7) is 6.50. The molecular formula is C32H31F3N2O4S. The first kappa shape index (κ1) is 30.8. The van der Waals surface area contributed by atoms with Crippen LogP contribution in [-0.2, 0) is 16.6 Å². The second-order valence-corrected chi connectivity index (χ2v) is 11.8. The third-order valence-electron chi connectivity index (χ3n) is 6.66. The highest BCUT2D eigenvalue weighted by molar-refractivity contribution is 7.10. The van der Waals surface area contributed by atoms with E-state index in [1.165, 1.54) is 29.0 Å². The van der Waals surface area contributed by atoms with E-state index in [2.05, 4.69) is 55.1 Å². The molecule has 0 bridgehead atoms. The number of hydrogen-bond acceptors (Lipinski definition) is 5. The molecule has 4 rings (SSSR count). The van der Waals surface area contributed by atoms with Gasteiger partial charge in [-0.05, 0) is 64.9 Å². The van der Waals surface area contributed by atoms with Crippen LogP contribution in [0.5, 0.6) is 5.75 Å². The molecule has 6 nitrogen and oxygen atoms in total. The van der Waals surface area contributed by atoms with Crippen LogP contribution in [0.25, 0.3) is 11.3 Å². The standard InChI is InChI=1S/C32H31F3N2O4S/c1-31(2,3)24-12-8-21(9-13-24)26(18-20-4-6-23(7-5-20)29(40)36-17-16-28(38)39)30-37-27(19-42-30)22-10-14-25(15-11-22)41-32(33,34)35/h4-15,19,26H,16-18H2,1-3H3,(H,36,40)(H,38,39). The molecule has 220 valence electrons. The molecule has 1 aromatic heterocycles. The minimum absolute atomic E-state index is 0.00869. The number of ether oxygens (including phenoxy) is 1. The lowest BCUT2D eigenvalue weighted by molar-refractivity contribution is -0.274. The Hall–Kier alpha value is -4.18. The lowest BCUT2D eigenvalue weighted by atomic mass is 9.84. The van der Waals surface area contributed by atoms with Crippen molar-refractivity contribution in [3.8, 4) is 17.0 Å². The Labute approximate surface area is 246 Å². The predicted molar refractivity (Wildman–Crippen MR) is 156 cm³/mol. The summed E-state index contributed by atoms with van der Waals surface area (Å²) in [6, 6.07) is 21.2. The summed E-state index contributed by atoms with van der Waals surface area (Å²) in [5.41, 5.74) is 4.99. The summed E-state index contributed by atoms with van der Waals surface area (Å²) in [5.74, 6) is -1.73. The summed E-state index contributed by atoms with van der Waals surface area (Å²) in [6.07, 6.45) is -4.31. The third-order valence-corrected chi connectivity index (χ3v) is 7.62. The molecule has 0 aliphatic heterocycles. The van der Waals surface area contributed by atoms with E-state index >= 15 is 0 Å². The second-order valence-electron chi connectivity index (χ2n) is 10.9. The molecule has 0 saturated heterocycles. The average Bonchev–Trinajstić information content (AvgIpc) is 3.41. The number of alkyl halides is 3. The molecule has 0 aliphatic carbocycles. The average molecular weight is 597 g/mol. The van der Waals surface area contributed by atoms with Crippen molar-refractivity contribution in [2.24, 2.45) is 0 Å². The van der Waals surface area contributed by atoms with Crippen LogP contribution in [-0.4, -0.2) is 34.9 Å². The van der Waals surface area contributed by atoms with Gasteiger partial charge in [0.15, 0.2) is 0 Å². The summed E-state index contributed by atoms with van der Waals surface area (Å²) in [4.78, 5) is 27.9. The van der Waals surface area contributed by atoms with Gasteiger partial charge in [0.1, 0.15) is 10.8 Å². The monoisotopic (exact) mass is 596 g/mol. The number of amides is 1. The van der Waals surface area contributed by atoms with Crippen molar-refractivity contribution < 1.29 is 32.6 Å². The molecule has 1 amide bonds. The van der Waals surface area contributed by atoms with Crippen LogP contribution in [0.3, 0.4) is 0 Å². The number of hydrogen-bond donors (Lipinski definition) is 2. The van der Waals surface area contributed by atoms with E-state index in [4.69, 9.17) is 10.1 Å². The lowest BCUT2D eigenvalue weighted by Gasteiger charge is -2.21. The SMILES string of the molecule is CC(C)(C)c1ccc(C(Cc2ccc(C(=O)NCCC(=O)O)cc2)c2nc(-c3ccc(OC(F)(F)F)cc3)cs2)cc1. The molecule has 42 heavy (non-hydrogen) atoms. The number of thiazole rings is 1. The molecule has 1 unspecified atom stereocenters. The number of nitrogens with one attached hydrogen (secondary N) is 1. The number of carboxylic acid groups (broad SMARTS) is 1. The minimum Gasteiger partial charge on any atom is -0.481 e. The fourth-order valence-electron chi connectivity index (χ4n) is 4.38. The molecule has 2 N–H and O–H groups in total. The van der Waals surface area contributed by atoms with Crippen molar-refractivity contribution in [3.63, 3.8) is 0 Å². The van der Waals surface area contributed by atoms with Crippen LogP contribution in [0, 0.1) is 0 Å². The van der Waals surface area contributed by atoms with Gasteiger partial charge < -0.3 is 15.2 Å². The van der Waals surface area contributed by atoms with Crippen molar-refractivity contribution in [2.75, 3.05) is 6.54 Å². The number of carbonyl (C=O) groups is 2. The number of nitrogens with zero attached hydrogens (tertiary/aromatic N) is 1. The summed E-state index contributed by atoms with van der Waals surface area (Å²) in [5, 5.41) is 14.1. The number of rotatable bonds is 10. The van der Waals surface area contributed by atoms with Gasteiger partial charge >= 0.3 is 12.3 Å². The molecule has 4 aromatic rings. The number of benzene rings is 3. The van der Waals surface area contributed by atoms with Gasteiger partial charge in [-0.2, -0.15) is 0 Å². The highest BCUT2D eigenvalue weighted by atomic mass is 32.1. The van der Waals surface area contributed by atoms with E-state index in [1.54, 1.807) is 24.3 Å². The highest BCUT2D eigenvalue weighted by Crippen LogP contribution is 2.35. The van der Waals surface area contributed by atoms with Crippen LogP contribution in [0.15, 0.2) is 78.2 Å². The van der Waals surface area contributed by atoms with Crippen LogP contribution >= 0.6 is 11.3 Å². The smallest absolute Gasteiger partial charge is 0.481 e. The largest absolute Gasteiger partial charge is 0.573 e. The van der Waals surface area contributed by atoms with Crippen molar-refractivity contribution in [1.29, 1.82) is 0 Å². The van der Waals surface area contributed by atoms with Gasteiger partial charge in [-0.3, -0.25) is 9.59 Å². The molecule has 10 heteroatoms. The van der Waals surface area contributed by atoms with Gasteiger partial charge in [-0.15, -0.1) is 24.5 Å². The maximum Gasteiger partial charge on any atom is 0.573 e. The van der Waals surface area contributed by atoms with Gasteiger partial charge in [-0.25, -0.2) is 4.98 Å². The zero-order chi connectivity index (χ0) is 30.5. The lowest BCUT2D eigenvalue weighted by Crippen LogP contribution is -2.25. The van der Waals surface area contributed by atoms with E-state index in [9.17, 15) is 22.8 Å². The predicted octanol–water partition coefficient (Wildman–Crippen LogP) is 7.59. The Balaban J connectivity index is 1.58. The Morgan fingerprint density at radius 1 is 0.952 bits per heavy atom. The van der Waals surface area contributed by atoms with Gasteiger partial charge in [0.25, 0.3) is 5.91 Å². The first-order valence-corrected chi connectivity index (χ1v) is 14.2. The van der Waals surface area contributed by atoms with E-state index in [0.29, 0.717) is 23.2 Å². The van der Waals surface area contributed by atoms with Crippen LogP contribution < -0.4 is 10.1 Å². The van der Waals surface area contributed by atoms with Gasteiger partial charge in [-0.1, -0.05) is 57.2 Å². The summed E-state index contributed by atoms with van der Waals surface area (Å²) >= 11 is 1.48. The van der Waals surface area contributed by atoms with E-state index in [1.807, 2.05) is 17.5 Å². The van der Waals surface area contributed by atoms with E-state index in [0.717, 1.165) is 16.1 Å². The topological polar surface area (TPSA) is 88.5 Å². The van der Waals surface area contributed by atoms with Gasteiger partial charge in [0.2, 0.25) is 0 Å². The Bertz CT molecular complexity index is 1510. The zero-order valence-electron chi connectivity index (χ0n) is 23.4. The maximum absolute atomic E-state index is 12.6. The van der Waals surface area contributed by atoms with E-state index in [-0.39, 0.29) is 36.0 Å². The quantitative estimate of drug-likeness (QED) is 0.197. The maximum atomic E-state index is 12.6. The Kier molecular flexibility index (Phi) is 9.36. The van der Waals surface area contributed by atoms with Crippen LogP contribution in [0.2, 0.25) is 0 Å². The Morgan fingerprint density at radius 3 is 2.17 bits per heavy atom. The summed E-state index contributed by atoms with van der Waals surface area (Å²) in [7, 11) is 0. The molecule has 0 saturated carbocycles. The van der Waals surface area contributed by atoms with Gasteiger partial charge in [0.05, 0.1) is 12.1 Å². The van der Waals surface area contributed by atoms with Crippen LogP contribution in [0.4, 0.5) is 13.2 Å². The minimum atomic E-state index is -4.76. The van der Waals surface area contributed by atoms with Crippen molar-refractivity contribution >= 4 is 23.2 Å². The zero-order valence-corrected chi connectivity index (χ0v) is 24.2. The molecule has 0 spiro atoms. The third kappa shape index (κ3) is 8.42. The molecule has 0 radical (unpaired) electrons. The fraction of sp³-hybridized carbons (Fsp3) is 0.281.